The number of hydrogen-bond donors (Lipinski definition) is 1. The minimum Gasteiger partial charge on any atom is -0.389 e. The number of carbonyl (C=O) groups excluding carboxylic acids is 2. The molecule has 2 unspecified atom stereocenters. The highest BCUT2D eigenvalue weighted by Gasteiger charge is 2.52. The standard InChI is InChI=1S/C15H15ClN2O2S/c1-7-4-10-11(5-7)15(20)18(14(10)19)12-6-8(16)2-3-9(12)13(17)21/h2-3,6-7,10-11H,4-5H2,1H3,(H2,17,21). The fourth-order valence-electron chi connectivity index (χ4n) is 3.41. The number of amides is 2. The highest BCUT2D eigenvalue weighted by Crippen LogP contribution is 2.45. The first-order chi connectivity index (χ1) is 9.90. The Kier molecular flexibility index (Phi) is 3.50. The minimum absolute atomic E-state index is 0.146. The number of benzene rings is 1. The minimum atomic E-state index is -0.217. The number of hydrogen-bond acceptors (Lipinski definition) is 3. The average Bonchev–Trinajstić information content (AvgIpc) is 2.89. The lowest BCUT2D eigenvalue weighted by Crippen LogP contribution is -2.34. The summed E-state index contributed by atoms with van der Waals surface area (Å²) in [4.78, 5) is 26.6. The molecule has 2 aliphatic rings. The van der Waals surface area contributed by atoms with E-state index in [4.69, 9.17) is 29.6 Å². The van der Waals surface area contributed by atoms with Crippen molar-refractivity contribution < 1.29 is 9.59 Å². The predicted octanol–water partition coefficient (Wildman–Crippen LogP) is 2.51. The number of nitrogens with zero attached hydrogens (tertiary/aromatic N) is 1. The first kappa shape index (κ1) is 14.5. The van der Waals surface area contributed by atoms with Crippen LogP contribution in [0.2, 0.25) is 5.02 Å². The molecule has 2 atom stereocenters. The Bertz CT molecular complexity index is 637. The van der Waals surface area contributed by atoms with Gasteiger partial charge >= 0.3 is 0 Å². The molecule has 1 saturated heterocycles. The van der Waals surface area contributed by atoms with E-state index in [9.17, 15) is 9.59 Å². The largest absolute Gasteiger partial charge is 0.389 e. The van der Waals surface area contributed by atoms with Gasteiger partial charge in [0.05, 0.1) is 17.5 Å². The maximum Gasteiger partial charge on any atom is 0.237 e. The molecule has 0 spiro atoms. The SMILES string of the molecule is CC1CC2C(=O)N(c3cc(Cl)ccc3C(N)=S)C(=O)C2C1. The topological polar surface area (TPSA) is 63.4 Å². The van der Waals surface area contributed by atoms with Crippen molar-refractivity contribution in [2.24, 2.45) is 23.5 Å². The van der Waals surface area contributed by atoms with Gasteiger partial charge in [-0.15, -0.1) is 0 Å². The van der Waals surface area contributed by atoms with Gasteiger partial charge in [-0.25, -0.2) is 4.90 Å². The maximum absolute atomic E-state index is 12.6. The lowest BCUT2D eigenvalue weighted by atomic mass is 10.00. The van der Waals surface area contributed by atoms with Gasteiger partial charge in [0.1, 0.15) is 4.99 Å². The van der Waals surface area contributed by atoms with Crippen LogP contribution < -0.4 is 10.6 Å². The summed E-state index contributed by atoms with van der Waals surface area (Å²) in [6.07, 6.45) is 1.52. The summed E-state index contributed by atoms with van der Waals surface area (Å²) in [6.45, 7) is 2.07. The number of carbonyl (C=O) groups is 2. The van der Waals surface area contributed by atoms with Gasteiger partial charge in [0.2, 0.25) is 11.8 Å². The number of anilines is 1. The van der Waals surface area contributed by atoms with E-state index in [1.54, 1.807) is 18.2 Å². The summed E-state index contributed by atoms with van der Waals surface area (Å²) in [6, 6.07) is 4.88. The van der Waals surface area contributed by atoms with Crippen molar-refractivity contribution in [2.75, 3.05) is 4.90 Å². The normalized spacial score (nSPS) is 28.1. The zero-order chi connectivity index (χ0) is 15.3. The average molecular weight is 323 g/mol. The van der Waals surface area contributed by atoms with Gasteiger partial charge < -0.3 is 5.73 Å². The molecule has 1 saturated carbocycles. The second-order valence-electron chi connectivity index (χ2n) is 5.83. The third-order valence-corrected chi connectivity index (χ3v) is 4.79. The molecule has 1 aromatic carbocycles. The Morgan fingerprint density at radius 2 is 1.86 bits per heavy atom. The van der Waals surface area contributed by atoms with Gasteiger partial charge in [-0.05, 0) is 37.0 Å². The van der Waals surface area contributed by atoms with E-state index >= 15 is 0 Å². The van der Waals surface area contributed by atoms with Gasteiger partial charge in [-0.3, -0.25) is 9.59 Å². The summed E-state index contributed by atoms with van der Waals surface area (Å²) in [5.74, 6) is -0.343. The van der Waals surface area contributed by atoms with Crippen molar-refractivity contribution in [3.63, 3.8) is 0 Å². The van der Waals surface area contributed by atoms with Gasteiger partial charge in [0.15, 0.2) is 0 Å². The van der Waals surface area contributed by atoms with Crippen LogP contribution in [0.4, 0.5) is 5.69 Å². The van der Waals surface area contributed by atoms with Crippen molar-refractivity contribution in [3.8, 4) is 0 Å². The number of nitrogens with two attached hydrogens (primary N) is 1. The van der Waals surface area contributed by atoms with E-state index in [0.717, 1.165) is 12.8 Å². The summed E-state index contributed by atoms with van der Waals surface area (Å²) in [5, 5.41) is 0.441. The second kappa shape index (κ2) is 5.07. The Labute approximate surface area is 133 Å². The fraction of sp³-hybridized carbons (Fsp3) is 0.400. The number of fused-ring (bicyclic) bond motifs is 1. The lowest BCUT2D eigenvalue weighted by Gasteiger charge is -2.20. The molecule has 110 valence electrons. The summed E-state index contributed by atoms with van der Waals surface area (Å²) >= 11 is 11.0. The van der Waals surface area contributed by atoms with E-state index in [0.29, 0.717) is 22.2 Å². The van der Waals surface area contributed by atoms with Crippen LogP contribution in [-0.2, 0) is 9.59 Å². The smallest absolute Gasteiger partial charge is 0.237 e. The number of rotatable bonds is 2. The highest BCUT2D eigenvalue weighted by molar-refractivity contribution is 7.80. The van der Waals surface area contributed by atoms with Gasteiger partial charge in [-0.1, -0.05) is 30.7 Å². The molecule has 21 heavy (non-hydrogen) atoms. The fourth-order valence-corrected chi connectivity index (χ4v) is 3.75. The monoisotopic (exact) mass is 322 g/mol. The Balaban J connectivity index is 2.06. The molecule has 0 radical (unpaired) electrons. The van der Waals surface area contributed by atoms with Crippen LogP contribution in [0.15, 0.2) is 18.2 Å². The molecular weight excluding hydrogens is 308 g/mol. The molecule has 4 nitrogen and oxygen atoms in total. The third kappa shape index (κ3) is 2.24. The molecule has 6 heteroatoms. The molecule has 0 aromatic heterocycles. The molecule has 2 fully saturated rings. The molecule has 1 heterocycles. The van der Waals surface area contributed by atoms with Crippen molar-refractivity contribution in [1.29, 1.82) is 0 Å². The highest BCUT2D eigenvalue weighted by atomic mass is 35.5. The molecule has 3 rings (SSSR count). The first-order valence-corrected chi connectivity index (χ1v) is 7.66. The molecular formula is C15H15ClN2O2S. The van der Waals surface area contributed by atoms with Crippen LogP contribution in [0.3, 0.4) is 0 Å². The van der Waals surface area contributed by atoms with Crippen LogP contribution in [0.1, 0.15) is 25.3 Å². The quantitative estimate of drug-likeness (QED) is 0.671. The Morgan fingerprint density at radius 1 is 1.29 bits per heavy atom. The molecule has 2 N–H and O–H groups in total. The van der Waals surface area contributed by atoms with Crippen molar-refractivity contribution in [3.05, 3.63) is 28.8 Å². The van der Waals surface area contributed by atoms with Crippen molar-refractivity contribution in [1.82, 2.24) is 0 Å². The predicted molar refractivity (Wildman–Crippen MR) is 85.2 cm³/mol. The zero-order valence-corrected chi connectivity index (χ0v) is 13.1. The summed E-state index contributed by atoms with van der Waals surface area (Å²) < 4.78 is 0. The zero-order valence-electron chi connectivity index (χ0n) is 11.5. The number of imide groups is 1. The van der Waals surface area contributed by atoms with Crippen LogP contribution in [0, 0.1) is 17.8 Å². The molecule has 1 aliphatic carbocycles. The van der Waals surface area contributed by atoms with E-state index in [1.807, 2.05) is 0 Å². The lowest BCUT2D eigenvalue weighted by molar-refractivity contribution is -0.123. The van der Waals surface area contributed by atoms with E-state index < -0.39 is 0 Å². The molecule has 0 bridgehead atoms. The van der Waals surface area contributed by atoms with Crippen molar-refractivity contribution in [2.45, 2.75) is 19.8 Å². The van der Waals surface area contributed by atoms with Crippen LogP contribution in [-0.4, -0.2) is 16.8 Å². The van der Waals surface area contributed by atoms with Gasteiger partial charge in [0, 0.05) is 10.6 Å². The van der Waals surface area contributed by atoms with Crippen molar-refractivity contribution >= 4 is 46.3 Å². The number of thiocarbonyl (C=S) groups is 1. The van der Waals surface area contributed by atoms with Crippen LogP contribution in [0.25, 0.3) is 0 Å². The molecule has 1 aromatic rings. The molecule has 1 aliphatic heterocycles. The Hall–Kier alpha value is -1.46. The van der Waals surface area contributed by atoms with Crippen LogP contribution >= 0.6 is 23.8 Å². The van der Waals surface area contributed by atoms with Crippen LogP contribution in [0.5, 0.6) is 0 Å². The molecule has 2 amide bonds. The van der Waals surface area contributed by atoms with E-state index in [2.05, 4.69) is 6.92 Å². The van der Waals surface area contributed by atoms with Gasteiger partial charge in [-0.2, -0.15) is 0 Å². The summed E-state index contributed by atoms with van der Waals surface area (Å²) in [5.41, 5.74) is 6.61. The van der Waals surface area contributed by atoms with E-state index in [-0.39, 0.29) is 28.6 Å². The second-order valence-corrected chi connectivity index (χ2v) is 6.70. The van der Waals surface area contributed by atoms with E-state index in [1.165, 1.54) is 4.90 Å². The first-order valence-electron chi connectivity index (χ1n) is 6.87. The Morgan fingerprint density at radius 3 is 2.38 bits per heavy atom. The summed E-state index contributed by atoms with van der Waals surface area (Å²) in [7, 11) is 0. The van der Waals surface area contributed by atoms with Gasteiger partial charge in [0.25, 0.3) is 0 Å². The maximum atomic E-state index is 12.6. The third-order valence-electron chi connectivity index (χ3n) is 4.34. The number of halogens is 1.